The lowest BCUT2D eigenvalue weighted by Crippen LogP contribution is -2.52. The molecule has 0 saturated carbocycles. The Hall–Kier alpha value is -0.660. The molecule has 2 aliphatic rings. The van der Waals surface area contributed by atoms with E-state index >= 15 is 0 Å². The summed E-state index contributed by atoms with van der Waals surface area (Å²) in [5.74, 6) is 0. The van der Waals surface area contributed by atoms with Crippen LogP contribution in [0.1, 0.15) is 24.0 Å². The summed E-state index contributed by atoms with van der Waals surface area (Å²) < 4.78 is 28.5. The predicted molar refractivity (Wildman–Crippen MR) is 85.5 cm³/mol. The second-order valence-corrected chi connectivity index (χ2v) is 7.55. The van der Waals surface area contributed by atoms with Crippen molar-refractivity contribution in [1.29, 1.82) is 0 Å². The molecule has 3 rings (SSSR count). The molecule has 1 saturated heterocycles. The molecule has 0 amide bonds. The fraction of sp³-hybridized carbons (Fsp3) is 0.571. The lowest BCUT2D eigenvalue weighted by Gasteiger charge is -2.36. The topological polar surface area (TPSA) is 66.6 Å². The Kier molecular flexibility index (Phi) is 5.27. The molecule has 2 heterocycles. The number of benzene rings is 1. The van der Waals surface area contributed by atoms with Crippen molar-refractivity contribution in [3.63, 3.8) is 0 Å². The zero-order chi connectivity index (χ0) is 14.2. The molecule has 0 aliphatic carbocycles. The first-order valence-corrected chi connectivity index (χ1v) is 8.54. The average molecular weight is 332 g/mol. The van der Waals surface area contributed by atoms with Crippen LogP contribution in [0.3, 0.4) is 0 Å². The summed E-state index contributed by atoms with van der Waals surface area (Å²) in [6.45, 7) is 2.07. The first-order valence-electron chi connectivity index (χ1n) is 7.15. The van der Waals surface area contributed by atoms with E-state index in [0.29, 0.717) is 26.2 Å². The van der Waals surface area contributed by atoms with Crippen LogP contribution in [0.25, 0.3) is 0 Å². The van der Waals surface area contributed by atoms with Gasteiger partial charge in [-0.15, -0.1) is 12.4 Å². The Balaban J connectivity index is 0.00000161. The monoisotopic (exact) mass is 331 g/mol. The molecule has 1 aromatic carbocycles. The summed E-state index contributed by atoms with van der Waals surface area (Å²) in [5.41, 5.74) is 8.28. The van der Waals surface area contributed by atoms with Crippen molar-refractivity contribution in [1.82, 2.24) is 8.61 Å². The third-order valence-corrected chi connectivity index (χ3v) is 6.12. The van der Waals surface area contributed by atoms with Crippen molar-refractivity contribution in [3.05, 3.63) is 35.4 Å². The Morgan fingerprint density at radius 3 is 2.52 bits per heavy atom. The lowest BCUT2D eigenvalue weighted by atomic mass is 10.0. The van der Waals surface area contributed by atoms with Gasteiger partial charge < -0.3 is 5.73 Å². The fourth-order valence-electron chi connectivity index (χ4n) is 3.01. The molecular formula is C14H22ClN3O2S. The molecule has 1 aromatic rings. The van der Waals surface area contributed by atoms with Gasteiger partial charge >= 0.3 is 0 Å². The molecule has 0 spiro atoms. The van der Waals surface area contributed by atoms with Crippen molar-refractivity contribution in [2.24, 2.45) is 5.73 Å². The number of rotatable bonds is 2. The third kappa shape index (κ3) is 3.40. The van der Waals surface area contributed by atoms with E-state index in [2.05, 4.69) is 6.07 Å². The Bertz CT molecular complexity index is 594. The van der Waals surface area contributed by atoms with Crippen LogP contribution in [0.15, 0.2) is 24.3 Å². The molecule has 0 bridgehead atoms. The van der Waals surface area contributed by atoms with Gasteiger partial charge in [0.15, 0.2) is 0 Å². The van der Waals surface area contributed by atoms with Gasteiger partial charge in [-0.25, -0.2) is 0 Å². The maximum atomic E-state index is 12.7. The second kappa shape index (κ2) is 6.62. The minimum Gasteiger partial charge on any atom is -0.327 e. The predicted octanol–water partition coefficient (Wildman–Crippen LogP) is 1.13. The van der Waals surface area contributed by atoms with E-state index in [1.54, 1.807) is 8.61 Å². The van der Waals surface area contributed by atoms with Gasteiger partial charge in [-0.05, 0) is 30.4 Å². The van der Waals surface area contributed by atoms with Gasteiger partial charge in [0.1, 0.15) is 0 Å². The summed E-state index contributed by atoms with van der Waals surface area (Å²) in [5, 5.41) is 0. The van der Waals surface area contributed by atoms with Crippen LogP contribution < -0.4 is 5.73 Å². The molecule has 2 aliphatic heterocycles. The smallest absolute Gasteiger partial charge is 0.282 e. The summed E-state index contributed by atoms with van der Waals surface area (Å²) in [6.07, 6.45) is 2.55. The molecule has 118 valence electrons. The molecule has 1 atom stereocenters. The summed E-state index contributed by atoms with van der Waals surface area (Å²) in [4.78, 5) is 0. The highest BCUT2D eigenvalue weighted by Gasteiger charge is 2.34. The molecule has 2 N–H and O–H groups in total. The van der Waals surface area contributed by atoms with Crippen LogP contribution in [0, 0.1) is 0 Å². The quantitative estimate of drug-likeness (QED) is 0.883. The van der Waals surface area contributed by atoms with Crippen molar-refractivity contribution in [2.75, 3.05) is 19.6 Å². The van der Waals surface area contributed by atoms with E-state index in [-0.39, 0.29) is 18.4 Å². The van der Waals surface area contributed by atoms with Crippen LogP contribution in [0.4, 0.5) is 0 Å². The van der Waals surface area contributed by atoms with Gasteiger partial charge in [-0.1, -0.05) is 24.3 Å². The van der Waals surface area contributed by atoms with Gasteiger partial charge in [0.05, 0.1) is 0 Å². The Morgan fingerprint density at radius 2 is 1.81 bits per heavy atom. The number of halogens is 1. The molecule has 0 radical (unpaired) electrons. The molecular weight excluding hydrogens is 310 g/mol. The molecule has 5 nitrogen and oxygen atoms in total. The third-order valence-electron chi connectivity index (χ3n) is 4.17. The number of nitrogens with zero attached hydrogens (tertiary/aromatic N) is 2. The second-order valence-electron chi connectivity index (χ2n) is 5.62. The largest absolute Gasteiger partial charge is 0.327 e. The van der Waals surface area contributed by atoms with Crippen molar-refractivity contribution in [3.8, 4) is 0 Å². The van der Waals surface area contributed by atoms with Gasteiger partial charge in [0, 0.05) is 32.2 Å². The minimum absolute atomic E-state index is 0. The highest BCUT2D eigenvalue weighted by molar-refractivity contribution is 7.86. The highest BCUT2D eigenvalue weighted by Crippen LogP contribution is 2.24. The van der Waals surface area contributed by atoms with Gasteiger partial charge in [0.2, 0.25) is 0 Å². The minimum atomic E-state index is -3.37. The molecule has 1 fully saturated rings. The number of hydrogen-bond donors (Lipinski definition) is 1. The first kappa shape index (κ1) is 16.7. The number of hydrogen-bond acceptors (Lipinski definition) is 3. The number of piperidine rings is 1. The van der Waals surface area contributed by atoms with Gasteiger partial charge in [-0.2, -0.15) is 17.0 Å². The van der Waals surface area contributed by atoms with Crippen molar-refractivity contribution < 1.29 is 8.42 Å². The summed E-state index contributed by atoms with van der Waals surface area (Å²) in [6, 6.07) is 8.03. The maximum absolute atomic E-state index is 12.7. The zero-order valence-electron chi connectivity index (χ0n) is 11.9. The van der Waals surface area contributed by atoms with Crippen molar-refractivity contribution >= 4 is 22.6 Å². The summed E-state index contributed by atoms with van der Waals surface area (Å²) >= 11 is 0. The number of fused-ring (bicyclic) bond motifs is 1. The summed E-state index contributed by atoms with van der Waals surface area (Å²) in [7, 11) is -3.37. The molecule has 7 heteroatoms. The Morgan fingerprint density at radius 1 is 1.10 bits per heavy atom. The van der Waals surface area contributed by atoms with Crippen LogP contribution >= 0.6 is 12.4 Å². The highest BCUT2D eigenvalue weighted by atomic mass is 35.5. The average Bonchev–Trinajstić information content (AvgIpc) is 2.46. The van der Waals surface area contributed by atoms with Crippen LogP contribution in [-0.2, 0) is 23.2 Å². The molecule has 21 heavy (non-hydrogen) atoms. The van der Waals surface area contributed by atoms with E-state index in [1.807, 2.05) is 18.2 Å². The van der Waals surface area contributed by atoms with E-state index < -0.39 is 10.2 Å². The fourth-order valence-corrected chi connectivity index (χ4v) is 4.70. The standard InChI is InChI=1S/C14H21N3O2S.ClH/c15-14-6-3-8-16(11-14)20(18,19)17-9-7-12-4-1-2-5-13(12)10-17;/h1-2,4-5,14H,3,6-11,15H2;1H/t14-;/m1./s1. The lowest BCUT2D eigenvalue weighted by molar-refractivity contribution is 0.277. The van der Waals surface area contributed by atoms with Gasteiger partial charge in [-0.3, -0.25) is 0 Å². The van der Waals surface area contributed by atoms with Crippen LogP contribution in [0.5, 0.6) is 0 Å². The normalized spacial score (nSPS) is 24.1. The van der Waals surface area contributed by atoms with Crippen LogP contribution in [-0.4, -0.2) is 42.7 Å². The van der Waals surface area contributed by atoms with E-state index in [9.17, 15) is 8.42 Å². The zero-order valence-corrected chi connectivity index (χ0v) is 13.6. The SMILES string of the molecule is Cl.N[C@@H]1CCCN(S(=O)(=O)N2CCc3ccccc3C2)C1. The Labute approximate surface area is 132 Å². The maximum Gasteiger partial charge on any atom is 0.282 e. The molecule has 0 aromatic heterocycles. The molecule has 0 unspecified atom stereocenters. The van der Waals surface area contributed by atoms with E-state index in [1.165, 1.54) is 5.56 Å². The van der Waals surface area contributed by atoms with Gasteiger partial charge in [0.25, 0.3) is 10.2 Å². The first-order chi connectivity index (χ1) is 9.57. The number of nitrogens with two attached hydrogens (primary N) is 1. The van der Waals surface area contributed by atoms with Crippen molar-refractivity contribution in [2.45, 2.75) is 31.8 Å². The van der Waals surface area contributed by atoms with Crippen LogP contribution in [0.2, 0.25) is 0 Å². The van der Waals surface area contributed by atoms with E-state index in [0.717, 1.165) is 24.8 Å². The van der Waals surface area contributed by atoms with E-state index in [4.69, 9.17) is 5.73 Å².